The van der Waals surface area contributed by atoms with E-state index in [9.17, 15) is 9.59 Å². The number of pyridine rings is 1. The molecule has 1 aromatic heterocycles. The maximum atomic E-state index is 15.0. The number of likely N-dealkylation sites (tertiary alicyclic amines) is 1. The first-order valence-electron chi connectivity index (χ1n) is 12.4. The highest BCUT2D eigenvalue weighted by Gasteiger charge is 2.74. The number of nitrogens with one attached hydrogen (secondary N) is 1. The van der Waals surface area contributed by atoms with Crippen molar-refractivity contribution in [3.8, 4) is 0 Å². The van der Waals surface area contributed by atoms with Crippen LogP contribution in [0.1, 0.15) is 39.5 Å². The number of hydrogen-bond donors (Lipinski definition) is 1. The van der Waals surface area contributed by atoms with Gasteiger partial charge in [-0.15, -0.1) is 0 Å². The number of nitrogens with zero attached hydrogens (tertiary/aromatic N) is 2. The van der Waals surface area contributed by atoms with Crippen molar-refractivity contribution in [1.29, 1.82) is 0 Å². The van der Waals surface area contributed by atoms with E-state index < -0.39 is 11.0 Å². The van der Waals surface area contributed by atoms with Crippen molar-refractivity contribution in [1.82, 2.24) is 9.88 Å². The molecule has 184 valence electrons. The van der Waals surface area contributed by atoms with Crippen LogP contribution in [0.25, 0.3) is 10.9 Å². The van der Waals surface area contributed by atoms with E-state index in [1.807, 2.05) is 73.8 Å². The fourth-order valence-corrected chi connectivity index (χ4v) is 7.51. The van der Waals surface area contributed by atoms with Gasteiger partial charge in [0, 0.05) is 44.7 Å². The summed E-state index contributed by atoms with van der Waals surface area (Å²) in [7, 11) is 1.94. The molecule has 5 nitrogen and oxygen atoms in total. The largest absolute Gasteiger partial charge is 0.324 e. The number of hydrogen-bond acceptors (Lipinski definition) is 4. The molecule has 0 bridgehead atoms. The van der Waals surface area contributed by atoms with Crippen LogP contribution in [-0.2, 0) is 16.8 Å². The third-order valence-corrected chi connectivity index (χ3v) is 9.19. The fourth-order valence-electron chi connectivity index (χ4n) is 7.22. The Hall–Kier alpha value is -3.25. The van der Waals surface area contributed by atoms with Gasteiger partial charge in [-0.3, -0.25) is 19.5 Å². The number of aromatic nitrogens is 1. The Bertz CT molecular complexity index is 1640. The molecule has 1 amide bonds. The van der Waals surface area contributed by atoms with Gasteiger partial charge in [-0.25, -0.2) is 0 Å². The number of para-hydroxylation sites is 1. The monoisotopic (exact) mass is 527 g/mol. The number of amides is 1. The molecule has 7 rings (SSSR count). The molecule has 4 aromatic rings. The number of rotatable bonds is 1. The summed E-state index contributed by atoms with van der Waals surface area (Å²) >= 11 is 12.7. The third-order valence-electron chi connectivity index (χ3n) is 8.70. The molecule has 3 heterocycles. The van der Waals surface area contributed by atoms with Gasteiger partial charge in [-0.2, -0.15) is 0 Å². The zero-order valence-corrected chi connectivity index (χ0v) is 21.6. The quantitative estimate of drug-likeness (QED) is 0.318. The van der Waals surface area contributed by atoms with Crippen molar-refractivity contribution < 1.29 is 9.59 Å². The molecule has 1 aliphatic carbocycles. The molecule has 1 saturated heterocycles. The number of Topliss-reactive ketones (excluding diaryl/α,β-unsaturated/α-hetero) is 1. The number of benzene rings is 3. The summed E-state index contributed by atoms with van der Waals surface area (Å²) in [5.74, 6) is -0.467. The van der Waals surface area contributed by atoms with Crippen molar-refractivity contribution >= 4 is 51.5 Å². The van der Waals surface area contributed by atoms with Gasteiger partial charge in [0.05, 0.1) is 16.6 Å². The van der Waals surface area contributed by atoms with Gasteiger partial charge in [-0.05, 0) is 67.9 Å². The first-order valence-corrected chi connectivity index (χ1v) is 13.1. The smallest absolute Gasteiger partial charge is 0.250 e. The van der Waals surface area contributed by atoms with Crippen LogP contribution in [0.15, 0.2) is 72.8 Å². The Morgan fingerprint density at radius 2 is 1.73 bits per heavy atom. The summed E-state index contributed by atoms with van der Waals surface area (Å²) in [6.07, 6.45) is 1.08. The standard InChI is InChI=1S/C30H23Cl2N3O2/c1-35-16-23(17-6-8-19(31)9-7-17)29(30(35)22-15-20(32)10-11-26(22)34-28(30)37)13-12-25-21(27(29)36)14-18-4-2-3-5-24(18)33-25/h2-11,14-15,23H,12-13,16H2,1H3,(H,34,37)/t23-,29+,30+/m1/s1. The normalized spacial score (nSPS) is 26.6. The Kier molecular flexibility index (Phi) is 4.88. The first-order chi connectivity index (χ1) is 17.9. The minimum absolute atomic E-state index is 0.0423. The molecule has 2 aliphatic heterocycles. The Morgan fingerprint density at radius 1 is 0.973 bits per heavy atom. The Labute approximate surface area is 224 Å². The van der Waals surface area contributed by atoms with Crippen LogP contribution in [0.4, 0.5) is 5.69 Å². The lowest BCUT2D eigenvalue weighted by molar-refractivity contribution is -0.130. The summed E-state index contributed by atoms with van der Waals surface area (Å²) in [5, 5.41) is 5.16. The number of carbonyl (C=O) groups excluding carboxylic acids is 2. The molecule has 3 aliphatic rings. The fraction of sp³-hybridized carbons (Fsp3) is 0.233. The van der Waals surface area contributed by atoms with Crippen molar-refractivity contribution in [2.75, 3.05) is 18.9 Å². The summed E-state index contributed by atoms with van der Waals surface area (Å²) in [6, 6.07) is 22.9. The van der Waals surface area contributed by atoms with E-state index in [1.165, 1.54) is 0 Å². The molecule has 0 saturated carbocycles. The SMILES string of the molecule is CN1C[C@H](c2ccc(Cl)cc2)[C@]2(CCc3nc4ccccc4cc3C2=O)[C@]12C(=O)Nc1ccc(Cl)cc12. The van der Waals surface area contributed by atoms with Crippen LogP contribution < -0.4 is 5.32 Å². The van der Waals surface area contributed by atoms with Crippen molar-refractivity contribution in [2.45, 2.75) is 24.3 Å². The zero-order chi connectivity index (χ0) is 25.5. The number of carbonyl (C=O) groups is 2. The summed E-state index contributed by atoms with van der Waals surface area (Å²) < 4.78 is 0. The average molecular weight is 528 g/mol. The Morgan fingerprint density at radius 3 is 2.54 bits per heavy atom. The van der Waals surface area contributed by atoms with E-state index in [4.69, 9.17) is 28.2 Å². The minimum Gasteiger partial charge on any atom is -0.324 e. The molecular formula is C30H23Cl2N3O2. The minimum atomic E-state index is -1.21. The summed E-state index contributed by atoms with van der Waals surface area (Å²) in [6.45, 7) is 0.531. The van der Waals surface area contributed by atoms with E-state index >= 15 is 0 Å². The highest BCUT2D eigenvalue weighted by atomic mass is 35.5. The number of aryl methyl sites for hydroxylation is 1. The third kappa shape index (κ3) is 2.88. The van der Waals surface area contributed by atoms with E-state index in [1.54, 1.807) is 6.07 Å². The molecule has 0 unspecified atom stereocenters. The van der Waals surface area contributed by atoms with Crippen LogP contribution in [0, 0.1) is 5.41 Å². The lowest BCUT2D eigenvalue weighted by atomic mass is 9.54. The molecule has 0 radical (unpaired) electrons. The van der Waals surface area contributed by atoms with E-state index in [-0.39, 0.29) is 17.6 Å². The predicted molar refractivity (Wildman–Crippen MR) is 145 cm³/mol. The van der Waals surface area contributed by atoms with Gasteiger partial charge in [-0.1, -0.05) is 53.5 Å². The Balaban J connectivity index is 1.53. The van der Waals surface area contributed by atoms with Gasteiger partial charge in [0.25, 0.3) is 5.91 Å². The first kappa shape index (κ1) is 22.9. The highest BCUT2D eigenvalue weighted by molar-refractivity contribution is 6.31. The molecule has 37 heavy (non-hydrogen) atoms. The lowest BCUT2D eigenvalue weighted by Crippen LogP contribution is -2.60. The molecule has 7 heteroatoms. The molecular weight excluding hydrogens is 505 g/mol. The van der Waals surface area contributed by atoms with Gasteiger partial charge in [0.2, 0.25) is 0 Å². The topological polar surface area (TPSA) is 62.3 Å². The average Bonchev–Trinajstić information content (AvgIpc) is 3.34. The molecule has 2 spiro atoms. The summed E-state index contributed by atoms with van der Waals surface area (Å²) in [5.41, 5.74) is 2.43. The number of halogens is 2. The van der Waals surface area contributed by atoms with Crippen molar-refractivity contribution in [3.05, 3.63) is 105 Å². The second kappa shape index (κ2) is 7.87. The highest BCUT2D eigenvalue weighted by Crippen LogP contribution is 2.66. The predicted octanol–water partition coefficient (Wildman–Crippen LogP) is 6.23. The molecule has 1 fully saturated rings. The lowest BCUT2D eigenvalue weighted by Gasteiger charge is -2.48. The van der Waals surface area contributed by atoms with E-state index in [2.05, 4.69) is 10.2 Å². The maximum absolute atomic E-state index is 15.0. The number of fused-ring (bicyclic) bond motifs is 5. The zero-order valence-electron chi connectivity index (χ0n) is 20.1. The van der Waals surface area contributed by atoms with Gasteiger partial charge in [0.15, 0.2) is 5.78 Å². The second-order valence-corrected chi connectivity index (χ2v) is 11.2. The van der Waals surface area contributed by atoms with Crippen LogP contribution in [0.5, 0.6) is 0 Å². The van der Waals surface area contributed by atoms with E-state index in [0.29, 0.717) is 40.7 Å². The van der Waals surface area contributed by atoms with Crippen LogP contribution in [0.2, 0.25) is 10.0 Å². The van der Waals surface area contributed by atoms with Crippen LogP contribution >= 0.6 is 23.2 Å². The van der Waals surface area contributed by atoms with Gasteiger partial charge in [0.1, 0.15) is 5.54 Å². The number of likely N-dealkylation sites (N-methyl/N-ethyl adjacent to an activating group) is 1. The van der Waals surface area contributed by atoms with E-state index in [0.717, 1.165) is 27.7 Å². The van der Waals surface area contributed by atoms with Gasteiger partial charge >= 0.3 is 0 Å². The molecule has 3 aromatic carbocycles. The van der Waals surface area contributed by atoms with Crippen molar-refractivity contribution in [3.63, 3.8) is 0 Å². The van der Waals surface area contributed by atoms with Gasteiger partial charge < -0.3 is 5.32 Å². The molecule has 3 atom stereocenters. The number of anilines is 1. The second-order valence-electron chi connectivity index (χ2n) is 10.3. The number of ketones is 1. The van der Waals surface area contributed by atoms with Crippen LogP contribution in [0.3, 0.4) is 0 Å². The van der Waals surface area contributed by atoms with Crippen molar-refractivity contribution in [2.24, 2.45) is 5.41 Å². The summed E-state index contributed by atoms with van der Waals surface area (Å²) in [4.78, 5) is 36.1. The molecule has 1 N–H and O–H groups in total. The maximum Gasteiger partial charge on any atom is 0.250 e. The van der Waals surface area contributed by atoms with Crippen LogP contribution in [-0.4, -0.2) is 35.2 Å².